The van der Waals surface area contributed by atoms with Crippen LogP contribution >= 0.6 is 11.8 Å². The molecule has 3 aromatic carbocycles. The molecule has 0 radical (unpaired) electrons. The minimum atomic E-state index is -0.849. The number of aromatic nitrogens is 4. The van der Waals surface area contributed by atoms with E-state index in [0.29, 0.717) is 33.2 Å². The lowest BCUT2D eigenvalue weighted by Crippen LogP contribution is -2.39. The third kappa shape index (κ3) is 4.26. The highest BCUT2D eigenvalue weighted by molar-refractivity contribution is 7.99. The molecular formula is C25H18N4O5S. The van der Waals surface area contributed by atoms with Crippen molar-refractivity contribution in [3.05, 3.63) is 94.9 Å². The van der Waals surface area contributed by atoms with Gasteiger partial charge in [-0.15, -0.1) is 0 Å². The summed E-state index contributed by atoms with van der Waals surface area (Å²) in [6.45, 7) is 0. The molecule has 0 unspecified atom stereocenters. The smallest absolute Gasteiger partial charge is 0.307 e. The molecule has 0 fully saturated rings. The SMILES string of the molecule is COc1ccc(-[n+]2noc([O-])c2C(=O)CSc2nc3ccccc3c(=O)n2-c2ccccc2)cc1. The molecule has 0 saturated heterocycles. The van der Waals surface area contributed by atoms with Crippen molar-refractivity contribution in [2.24, 2.45) is 0 Å². The Morgan fingerprint density at radius 2 is 1.77 bits per heavy atom. The predicted octanol–water partition coefficient (Wildman–Crippen LogP) is 2.71. The maximum atomic E-state index is 13.3. The zero-order chi connectivity index (χ0) is 24.4. The van der Waals surface area contributed by atoms with E-state index in [1.54, 1.807) is 60.7 Å². The average Bonchev–Trinajstić information content (AvgIpc) is 3.29. The van der Waals surface area contributed by atoms with E-state index in [1.807, 2.05) is 18.2 Å². The van der Waals surface area contributed by atoms with Crippen LogP contribution in [-0.4, -0.2) is 33.5 Å². The van der Waals surface area contributed by atoms with Gasteiger partial charge in [0.1, 0.15) is 5.75 Å². The number of hydrogen-bond donors (Lipinski definition) is 0. The lowest BCUT2D eigenvalue weighted by molar-refractivity contribution is -0.672. The van der Waals surface area contributed by atoms with Gasteiger partial charge in [0, 0.05) is 12.1 Å². The fourth-order valence-electron chi connectivity index (χ4n) is 3.59. The van der Waals surface area contributed by atoms with Crippen LogP contribution in [0.2, 0.25) is 0 Å². The maximum absolute atomic E-state index is 13.3. The highest BCUT2D eigenvalue weighted by Crippen LogP contribution is 2.23. The first-order chi connectivity index (χ1) is 17.1. The molecule has 174 valence electrons. The van der Waals surface area contributed by atoms with Crippen molar-refractivity contribution in [3.63, 3.8) is 0 Å². The molecule has 10 heteroatoms. The lowest BCUT2D eigenvalue weighted by Gasteiger charge is -2.12. The van der Waals surface area contributed by atoms with Crippen molar-refractivity contribution in [2.75, 3.05) is 12.9 Å². The summed E-state index contributed by atoms with van der Waals surface area (Å²) < 4.78 is 12.5. The number of rotatable bonds is 7. The van der Waals surface area contributed by atoms with Crippen LogP contribution in [0.4, 0.5) is 0 Å². The van der Waals surface area contributed by atoms with Crippen molar-refractivity contribution in [1.82, 2.24) is 14.8 Å². The van der Waals surface area contributed by atoms with Gasteiger partial charge in [-0.05, 0) is 41.1 Å². The zero-order valence-electron chi connectivity index (χ0n) is 18.5. The maximum Gasteiger partial charge on any atom is 0.307 e. The summed E-state index contributed by atoms with van der Waals surface area (Å²) in [5, 5.41) is 16.8. The number of ketones is 1. The molecule has 0 aliphatic rings. The van der Waals surface area contributed by atoms with Crippen molar-refractivity contribution in [3.8, 4) is 23.1 Å². The van der Waals surface area contributed by atoms with Crippen molar-refractivity contribution in [2.45, 2.75) is 5.16 Å². The van der Waals surface area contributed by atoms with E-state index >= 15 is 0 Å². The first-order valence-corrected chi connectivity index (χ1v) is 11.5. The van der Waals surface area contributed by atoms with E-state index in [4.69, 9.17) is 9.26 Å². The van der Waals surface area contributed by atoms with E-state index in [9.17, 15) is 14.7 Å². The molecule has 0 bridgehead atoms. The van der Waals surface area contributed by atoms with Crippen molar-refractivity contribution in [1.29, 1.82) is 0 Å². The van der Waals surface area contributed by atoms with Crippen LogP contribution in [0.1, 0.15) is 10.5 Å². The highest BCUT2D eigenvalue weighted by Gasteiger charge is 2.28. The standard InChI is InChI=1S/C25H18N4O5S/c1-33-18-13-11-17(12-14-18)29-22(24(32)34-27-29)21(30)15-35-25-26-20-10-6-5-9-19(20)23(31)28(25)16-7-3-2-4-8-16/h2-14H,15H2,1H3. The largest absolute Gasteiger partial charge is 0.539 e. The number of thioether (sulfide) groups is 1. The summed E-state index contributed by atoms with van der Waals surface area (Å²) in [4.78, 5) is 31.1. The first kappa shape index (κ1) is 22.4. The molecule has 0 spiro atoms. The second-order valence-electron chi connectivity index (χ2n) is 7.42. The molecule has 0 amide bonds. The molecule has 9 nitrogen and oxygen atoms in total. The van der Waals surface area contributed by atoms with Gasteiger partial charge in [0.05, 0.1) is 34.7 Å². The van der Waals surface area contributed by atoms with Gasteiger partial charge in [-0.2, -0.15) is 0 Å². The molecule has 0 aliphatic heterocycles. The molecule has 5 aromatic rings. The Morgan fingerprint density at radius 1 is 1.06 bits per heavy atom. The van der Waals surface area contributed by atoms with E-state index in [2.05, 4.69) is 10.3 Å². The third-order valence-electron chi connectivity index (χ3n) is 5.28. The molecule has 0 saturated carbocycles. The number of Topliss-reactive ketones (excluding diaryl/α,β-unsaturated/α-hetero) is 1. The number of carbonyl (C=O) groups is 1. The Kier molecular flexibility index (Phi) is 6.02. The topological polar surface area (TPSA) is 114 Å². The van der Waals surface area contributed by atoms with Gasteiger partial charge in [-0.3, -0.25) is 14.2 Å². The number of hydrogen-bond acceptors (Lipinski definition) is 8. The van der Waals surface area contributed by atoms with Gasteiger partial charge < -0.3 is 14.4 Å². The minimum absolute atomic E-state index is 0.162. The Labute approximate surface area is 203 Å². The third-order valence-corrected chi connectivity index (χ3v) is 6.22. The minimum Gasteiger partial charge on any atom is -0.539 e. The normalized spacial score (nSPS) is 11.0. The summed E-state index contributed by atoms with van der Waals surface area (Å²) in [7, 11) is 1.54. The summed E-state index contributed by atoms with van der Waals surface area (Å²) in [6, 6.07) is 22.7. The Bertz CT molecular complexity index is 1580. The number of benzene rings is 3. The quantitative estimate of drug-likeness (QED) is 0.149. The van der Waals surface area contributed by atoms with Gasteiger partial charge in [0.2, 0.25) is 11.5 Å². The average molecular weight is 487 g/mol. The van der Waals surface area contributed by atoms with Crippen molar-refractivity contribution >= 4 is 28.4 Å². The summed E-state index contributed by atoms with van der Waals surface area (Å²) in [6.07, 6.45) is 0. The number of carbonyl (C=O) groups excluding carboxylic acids is 1. The predicted molar refractivity (Wildman–Crippen MR) is 126 cm³/mol. The molecule has 0 aliphatic carbocycles. The second kappa shape index (κ2) is 9.43. The number of ether oxygens (including phenoxy) is 1. The monoisotopic (exact) mass is 486 g/mol. The molecule has 0 atom stereocenters. The summed E-state index contributed by atoms with van der Waals surface area (Å²) in [5.74, 6) is -0.910. The summed E-state index contributed by atoms with van der Waals surface area (Å²) >= 11 is 1.06. The van der Waals surface area contributed by atoms with Crippen LogP contribution in [0.5, 0.6) is 11.7 Å². The van der Waals surface area contributed by atoms with Gasteiger partial charge >= 0.3 is 5.69 Å². The Balaban J connectivity index is 1.50. The number of fused-ring (bicyclic) bond motifs is 1. The lowest BCUT2D eigenvalue weighted by atomic mass is 10.2. The second-order valence-corrected chi connectivity index (χ2v) is 8.36. The Hall–Kier alpha value is -4.44. The van der Waals surface area contributed by atoms with E-state index in [0.717, 1.165) is 16.4 Å². The van der Waals surface area contributed by atoms with Crippen LogP contribution in [0.15, 0.2) is 93.3 Å². The zero-order valence-corrected chi connectivity index (χ0v) is 19.3. The number of methoxy groups -OCH3 is 1. The first-order valence-electron chi connectivity index (χ1n) is 10.5. The van der Waals surface area contributed by atoms with E-state index in [-0.39, 0.29) is 17.0 Å². The number of para-hydroxylation sites is 2. The number of nitrogens with zero attached hydrogens (tertiary/aromatic N) is 4. The molecular weight excluding hydrogens is 468 g/mol. The van der Waals surface area contributed by atoms with Crippen LogP contribution in [0.3, 0.4) is 0 Å². The fraction of sp³-hybridized carbons (Fsp3) is 0.0800. The highest BCUT2D eigenvalue weighted by atomic mass is 32.2. The van der Waals surface area contributed by atoms with Crippen LogP contribution in [-0.2, 0) is 0 Å². The summed E-state index contributed by atoms with van der Waals surface area (Å²) in [5.41, 5.74) is 1.13. The van der Waals surface area contributed by atoms with Crippen molar-refractivity contribution < 1.29 is 23.8 Å². The van der Waals surface area contributed by atoms with Gasteiger partial charge in [-0.1, -0.05) is 42.1 Å². The van der Waals surface area contributed by atoms with E-state index in [1.165, 1.54) is 11.7 Å². The van der Waals surface area contributed by atoms with Crippen LogP contribution in [0, 0.1) is 0 Å². The van der Waals surface area contributed by atoms with E-state index < -0.39 is 11.7 Å². The van der Waals surface area contributed by atoms with Gasteiger partial charge in [0.25, 0.3) is 5.56 Å². The Morgan fingerprint density at radius 3 is 2.51 bits per heavy atom. The molecule has 0 N–H and O–H groups in total. The van der Waals surface area contributed by atoms with Gasteiger partial charge in [-0.25, -0.2) is 4.98 Å². The van der Waals surface area contributed by atoms with Crippen LogP contribution in [0.25, 0.3) is 22.3 Å². The molecule has 35 heavy (non-hydrogen) atoms. The molecule has 5 rings (SSSR count). The van der Waals surface area contributed by atoms with Crippen LogP contribution < -0.4 is 20.1 Å². The fourth-order valence-corrected chi connectivity index (χ4v) is 4.47. The van der Waals surface area contributed by atoms with Gasteiger partial charge in [0.15, 0.2) is 11.1 Å². The molecule has 2 heterocycles. The molecule has 2 aromatic heterocycles.